The Morgan fingerprint density at radius 1 is 1.09 bits per heavy atom. The number of carbonyl (C=O) groups excluding carboxylic acids is 1. The van der Waals surface area contributed by atoms with Gasteiger partial charge in [-0.3, -0.25) is 4.79 Å². The van der Waals surface area contributed by atoms with Crippen LogP contribution in [-0.4, -0.2) is 38.1 Å². The number of hydrogen-bond donors (Lipinski definition) is 2. The number of nitrogens with one attached hydrogen (secondary N) is 1. The van der Waals surface area contributed by atoms with E-state index in [2.05, 4.69) is 20.3 Å². The van der Waals surface area contributed by atoms with Crippen molar-refractivity contribution in [3.8, 4) is 11.6 Å². The summed E-state index contributed by atoms with van der Waals surface area (Å²) < 4.78 is 37.3. The van der Waals surface area contributed by atoms with Crippen LogP contribution in [0.15, 0.2) is 48.8 Å². The molecule has 1 aromatic carbocycles. The summed E-state index contributed by atoms with van der Waals surface area (Å²) in [6.07, 6.45) is -2.08. The molecule has 2 aromatic heterocycles. The molecule has 0 spiro atoms. The minimum Gasteiger partial charge on any atom is -0.475 e. The van der Waals surface area contributed by atoms with Crippen LogP contribution in [0, 0.1) is 6.92 Å². The average Bonchev–Trinajstić information content (AvgIpc) is 2.71. The van der Waals surface area contributed by atoms with Gasteiger partial charge in [0.05, 0.1) is 10.0 Å². The normalized spacial score (nSPS) is 10.6. The number of pyridine rings is 1. The van der Waals surface area contributed by atoms with Gasteiger partial charge < -0.3 is 15.2 Å². The van der Waals surface area contributed by atoms with E-state index in [9.17, 15) is 18.0 Å². The molecular formula is C19H13Cl2F3N4O4. The molecule has 1 amide bonds. The molecule has 3 aromatic rings. The quantitative estimate of drug-likeness (QED) is 0.520. The van der Waals surface area contributed by atoms with E-state index in [1.165, 1.54) is 18.5 Å². The second-order valence-electron chi connectivity index (χ2n) is 5.81. The molecule has 0 saturated carbocycles. The third kappa shape index (κ3) is 7.67. The molecular weight excluding hydrogens is 476 g/mol. The second-order valence-corrected chi connectivity index (χ2v) is 6.65. The first-order valence-electron chi connectivity index (χ1n) is 8.46. The summed E-state index contributed by atoms with van der Waals surface area (Å²) in [5.74, 6) is -1.82. The van der Waals surface area contributed by atoms with E-state index in [1.807, 2.05) is 0 Å². The van der Waals surface area contributed by atoms with Crippen molar-refractivity contribution in [2.75, 3.05) is 5.32 Å². The number of halogens is 5. The van der Waals surface area contributed by atoms with Crippen LogP contribution in [0.2, 0.25) is 10.0 Å². The number of aryl methyl sites for hydroxylation is 1. The summed E-state index contributed by atoms with van der Waals surface area (Å²) in [7, 11) is 0. The lowest BCUT2D eigenvalue weighted by atomic mass is 10.3. The summed E-state index contributed by atoms with van der Waals surface area (Å²) in [6, 6.07) is 9.72. The average molecular weight is 489 g/mol. The van der Waals surface area contributed by atoms with Gasteiger partial charge in [-0.1, -0.05) is 23.2 Å². The maximum atomic E-state index is 12.2. The first-order chi connectivity index (χ1) is 15.0. The lowest BCUT2D eigenvalue weighted by molar-refractivity contribution is -0.192. The van der Waals surface area contributed by atoms with Crippen LogP contribution in [0.5, 0.6) is 11.6 Å². The van der Waals surface area contributed by atoms with E-state index in [1.54, 1.807) is 37.3 Å². The molecule has 2 N–H and O–H groups in total. The fourth-order valence-electron chi connectivity index (χ4n) is 1.97. The molecule has 3 rings (SSSR count). The molecule has 32 heavy (non-hydrogen) atoms. The minimum absolute atomic E-state index is 0.273. The first-order valence-corrected chi connectivity index (χ1v) is 9.21. The number of amides is 1. The fraction of sp³-hybridized carbons (Fsp3) is 0.105. The van der Waals surface area contributed by atoms with Crippen LogP contribution >= 0.6 is 23.2 Å². The van der Waals surface area contributed by atoms with E-state index in [0.29, 0.717) is 33.2 Å². The second kappa shape index (κ2) is 10.7. The largest absolute Gasteiger partial charge is 0.490 e. The number of rotatable bonds is 4. The van der Waals surface area contributed by atoms with Crippen molar-refractivity contribution < 1.29 is 32.6 Å². The van der Waals surface area contributed by atoms with Crippen molar-refractivity contribution in [2.45, 2.75) is 13.1 Å². The maximum absolute atomic E-state index is 12.2. The Labute approximate surface area is 189 Å². The molecule has 168 valence electrons. The van der Waals surface area contributed by atoms with Crippen molar-refractivity contribution in [2.24, 2.45) is 0 Å². The Balaban J connectivity index is 0.000000451. The van der Waals surface area contributed by atoms with Gasteiger partial charge in [0.25, 0.3) is 5.91 Å². The van der Waals surface area contributed by atoms with Crippen LogP contribution in [0.25, 0.3) is 0 Å². The number of aliphatic carboxylic acids is 1. The molecule has 0 aliphatic carbocycles. The number of alkyl halides is 3. The van der Waals surface area contributed by atoms with Crippen LogP contribution in [0.3, 0.4) is 0 Å². The number of anilines is 1. The molecule has 2 heterocycles. The van der Waals surface area contributed by atoms with Gasteiger partial charge in [-0.15, -0.1) is 0 Å². The van der Waals surface area contributed by atoms with Crippen LogP contribution < -0.4 is 10.1 Å². The fourth-order valence-corrected chi connectivity index (χ4v) is 2.31. The van der Waals surface area contributed by atoms with Crippen molar-refractivity contribution >= 4 is 40.8 Å². The number of carboxylic acid groups (broad SMARTS) is 1. The highest BCUT2D eigenvalue weighted by Crippen LogP contribution is 2.31. The maximum Gasteiger partial charge on any atom is 0.490 e. The number of ether oxygens (including phenoxy) is 1. The molecule has 13 heteroatoms. The van der Waals surface area contributed by atoms with Gasteiger partial charge in [-0.05, 0) is 37.3 Å². The number of aromatic nitrogens is 3. The predicted molar refractivity (Wildman–Crippen MR) is 109 cm³/mol. The Bertz CT molecular complexity index is 1110. The Morgan fingerprint density at radius 2 is 1.78 bits per heavy atom. The summed E-state index contributed by atoms with van der Waals surface area (Å²) in [5.41, 5.74) is 0.789. The van der Waals surface area contributed by atoms with Gasteiger partial charge >= 0.3 is 12.1 Å². The molecule has 0 fully saturated rings. The molecule has 0 aliphatic rings. The number of nitrogens with zero attached hydrogens (tertiary/aromatic N) is 3. The van der Waals surface area contributed by atoms with Crippen LogP contribution in [0.1, 0.15) is 16.3 Å². The smallest absolute Gasteiger partial charge is 0.475 e. The molecule has 0 aliphatic heterocycles. The molecule has 0 unspecified atom stereocenters. The van der Waals surface area contributed by atoms with Gasteiger partial charge in [0.15, 0.2) is 0 Å². The molecule has 0 atom stereocenters. The highest BCUT2D eigenvalue weighted by Gasteiger charge is 2.38. The van der Waals surface area contributed by atoms with Gasteiger partial charge in [-0.2, -0.15) is 13.2 Å². The van der Waals surface area contributed by atoms with E-state index in [0.717, 1.165) is 0 Å². The number of hydrogen-bond acceptors (Lipinski definition) is 6. The Morgan fingerprint density at radius 3 is 2.31 bits per heavy atom. The van der Waals surface area contributed by atoms with Crippen LogP contribution in [0.4, 0.5) is 18.9 Å². The van der Waals surface area contributed by atoms with Gasteiger partial charge in [-0.25, -0.2) is 19.7 Å². The monoisotopic (exact) mass is 488 g/mol. The summed E-state index contributed by atoms with van der Waals surface area (Å²) in [4.78, 5) is 33.1. The summed E-state index contributed by atoms with van der Waals surface area (Å²) in [5, 5.41) is 10.7. The summed E-state index contributed by atoms with van der Waals surface area (Å²) in [6.45, 7) is 1.71. The topological polar surface area (TPSA) is 114 Å². The van der Waals surface area contributed by atoms with Crippen molar-refractivity contribution in [3.05, 3.63) is 70.4 Å². The highest BCUT2D eigenvalue weighted by atomic mass is 35.5. The van der Waals surface area contributed by atoms with Crippen molar-refractivity contribution in [1.82, 2.24) is 15.0 Å². The van der Waals surface area contributed by atoms with Crippen molar-refractivity contribution in [3.63, 3.8) is 0 Å². The molecule has 8 nitrogen and oxygen atoms in total. The lowest BCUT2D eigenvalue weighted by Crippen LogP contribution is -2.21. The standard InChI is InChI=1S/C17H12Cl2N4O2.C2HF3O2/c1-10-20-7-6-14(22-10)17(24)23-12-3-4-15(13(19)8-12)25-16-5-2-11(18)9-21-16;3-2(4,5)1(6)7/h2-9H,1H3,(H,23,24);(H,6,7). The van der Waals surface area contributed by atoms with E-state index < -0.39 is 12.1 Å². The summed E-state index contributed by atoms with van der Waals surface area (Å²) >= 11 is 12.0. The number of carbonyl (C=O) groups is 2. The highest BCUT2D eigenvalue weighted by molar-refractivity contribution is 6.32. The molecule has 0 bridgehead atoms. The van der Waals surface area contributed by atoms with Gasteiger partial charge in [0.2, 0.25) is 5.88 Å². The Hall–Kier alpha value is -3.44. The third-order valence-corrected chi connectivity index (χ3v) is 3.87. The van der Waals surface area contributed by atoms with E-state index >= 15 is 0 Å². The predicted octanol–water partition coefficient (Wildman–Crippen LogP) is 5.16. The lowest BCUT2D eigenvalue weighted by Gasteiger charge is -2.09. The van der Waals surface area contributed by atoms with Gasteiger partial charge in [0.1, 0.15) is 17.3 Å². The SMILES string of the molecule is Cc1nccc(C(=O)Nc2ccc(Oc3ccc(Cl)cn3)c(Cl)c2)n1.O=C(O)C(F)(F)F. The van der Waals surface area contributed by atoms with Crippen LogP contribution in [-0.2, 0) is 4.79 Å². The number of carboxylic acids is 1. The minimum atomic E-state index is -5.08. The molecule has 0 saturated heterocycles. The zero-order chi connectivity index (χ0) is 23.9. The number of benzene rings is 1. The zero-order valence-electron chi connectivity index (χ0n) is 16.0. The third-order valence-electron chi connectivity index (χ3n) is 3.36. The first kappa shape index (κ1) is 24.8. The van der Waals surface area contributed by atoms with Crippen molar-refractivity contribution in [1.29, 1.82) is 0 Å². The van der Waals surface area contributed by atoms with Gasteiger partial charge in [0, 0.05) is 24.1 Å². The van der Waals surface area contributed by atoms with E-state index in [-0.39, 0.29) is 11.6 Å². The molecule has 0 radical (unpaired) electrons. The Kier molecular flexibility index (Phi) is 8.33. The van der Waals surface area contributed by atoms with E-state index in [4.69, 9.17) is 37.8 Å². The zero-order valence-corrected chi connectivity index (χ0v) is 17.5.